The first-order valence-electron chi connectivity index (χ1n) is 7.20. The van der Waals surface area contributed by atoms with Gasteiger partial charge in [-0.1, -0.05) is 30.3 Å². The van der Waals surface area contributed by atoms with E-state index in [0.29, 0.717) is 12.6 Å². The first-order chi connectivity index (χ1) is 10.1. The molecule has 0 amide bonds. The Morgan fingerprint density at radius 2 is 2.10 bits per heavy atom. The van der Waals surface area contributed by atoms with Crippen LogP contribution in [-0.2, 0) is 5.54 Å². The predicted octanol–water partition coefficient (Wildman–Crippen LogP) is 1.70. The molecule has 0 saturated carbocycles. The molecule has 0 bridgehead atoms. The molecule has 1 fully saturated rings. The highest BCUT2D eigenvalue weighted by molar-refractivity contribution is 5.34. The Morgan fingerprint density at radius 3 is 2.67 bits per heavy atom. The molecule has 5 nitrogen and oxygen atoms in total. The van der Waals surface area contributed by atoms with Crippen LogP contribution >= 0.6 is 0 Å². The summed E-state index contributed by atoms with van der Waals surface area (Å²) < 4.78 is 5.35. The summed E-state index contributed by atoms with van der Waals surface area (Å²) in [4.78, 5) is 8.29. The molecule has 1 aliphatic heterocycles. The molecule has 2 aromatic rings. The quantitative estimate of drug-likeness (QED) is 0.931. The second kappa shape index (κ2) is 5.50. The number of β-amino-alcohol motifs (C(OH)–C–C–N with tert-alkyl or cyclic N) is 1. The van der Waals surface area contributed by atoms with Crippen LogP contribution < -0.4 is 4.90 Å². The Labute approximate surface area is 124 Å². The van der Waals surface area contributed by atoms with E-state index < -0.39 is 6.10 Å². The van der Waals surface area contributed by atoms with Gasteiger partial charge in [-0.3, -0.25) is 4.90 Å². The average Bonchev–Trinajstić information content (AvgIpc) is 3.02. The molecule has 0 spiro atoms. The Kier molecular flexibility index (Phi) is 3.69. The van der Waals surface area contributed by atoms with Gasteiger partial charge in [0.05, 0.1) is 24.4 Å². The molecule has 0 unspecified atom stereocenters. The minimum absolute atomic E-state index is 0.371. The predicted molar refractivity (Wildman–Crippen MR) is 81.1 cm³/mol. The van der Waals surface area contributed by atoms with Gasteiger partial charge < -0.3 is 14.4 Å². The van der Waals surface area contributed by atoms with Crippen LogP contribution in [0.4, 0.5) is 6.01 Å². The lowest BCUT2D eigenvalue weighted by molar-refractivity contribution is -0.0254. The summed E-state index contributed by atoms with van der Waals surface area (Å²) in [5.74, 6) is 0. The molecular weight excluding hydrogens is 266 g/mol. The van der Waals surface area contributed by atoms with Gasteiger partial charge >= 0.3 is 0 Å². The maximum Gasteiger partial charge on any atom is 0.297 e. The summed E-state index contributed by atoms with van der Waals surface area (Å²) in [6.07, 6.45) is 3.49. The van der Waals surface area contributed by atoms with E-state index in [1.54, 1.807) is 12.5 Å². The Bertz CT molecular complexity index is 570. The second-order valence-electron chi connectivity index (χ2n) is 5.71. The van der Waals surface area contributed by atoms with Gasteiger partial charge in [0.25, 0.3) is 6.01 Å². The van der Waals surface area contributed by atoms with Gasteiger partial charge in [-0.25, -0.2) is 4.98 Å². The van der Waals surface area contributed by atoms with Crippen LogP contribution in [0, 0.1) is 0 Å². The lowest BCUT2D eigenvalue weighted by atomic mass is 9.77. The standard InChI is InChI=1S/C16H21N3O2/c1-18(2)16(13-6-4-3-5-7-13)8-10-19(12-14(16)20)15-17-9-11-21-15/h3-7,9,11,14,20H,8,10,12H2,1-2H3/t14-,16+/m1/s1. The van der Waals surface area contributed by atoms with Crippen molar-refractivity contribution in [3.63, 3.8) is 0 Å². The van der Waals surface area contributed by atoms with E-state index in [4.69, 9.17) is 4.42 Å². The van der Waals surface area contributed by atoms with Crippen LogP contribution in [0.15, 0.2) is 47.2 Å². The molecule has 1 saturated heterocycles. The smallest absolute Gasteiger partial charge is 0.297 e. The third-order valence-electron chi connectivity index (χ3n) is 4.47. The number of benzene rings is 1. The molecule has 2 atom stereocenters. The minimum Gasteiger partial charge on any atom is -0.432 e. The molecule has 112 valence electrons. The zero-order valence-electron chi connectivity index (χ0n) is 12.4. The summed E-state index contributed by atoms with van der Waals surface area (Å²) in [6, 6.07) is 10.8. The van der Waals surface area contributed by atoms with Crippen molar-refractivity contribution in [2.45, 2.75) is 18.1 Å². The number of aliphatic hydroxyl groups is 1. The van der Waals surface area contributed by atoms with E-state index in [9.17, 15) is 5.11 Å². The van der Waals surface area contributed by atoms with E-state index in [0.717, 1.165) is 18.5 Å². The van der Waals surface area contributed by atoms with Gasteiger partial charge in [-0.05, 0) is 26.1 Å². The lowest BCUT2D eigenvalue weighted by Gasteiger charge is -2.49. The SMILES string of the molecule is CN(C)[C@]1(c2ccccc2)CCN(c2ncco2)C[C@H]1O. The van der Waals surface area contributed by atoms with Crippen molar-refractivity contribution >= 4 is 6.01 Å². The molecule has 21 heavy (non-hydrogen) atoms. The molecule has 0 aliphatic carbocycles. The number of anilines is 1. The maximum absolute atomic E-state index is 10.9. The first-order valence-corrected chi connectivity index (χ1v) is 7.20. The zero-order chi connectivity index (χ0) is 14.9. The van der Waals surface area contributed by atoms with Crippen molar-refractivity contribution in [3.05, 3.63) is 48.4 Å². The molecular formula is C16H21N3O2. The van der Waals surface area contributed by atoms with Crippen molar-refractivity contribution in [1.82, 2.24) is 9.88 Å². The minimum atomic E-state index is -0.518. The van der Waals surface area contributed by atoms with E-state index in [1.165, 1.54) is 0 Å². The monoisotopic (exact) mass is 287 g/mol. The van der Waals surface area contributed by atoms with E-state index >= 15 is 0 Å². The highest BCUT2D eigenvalue weighted by atomic mass is 16.4. The third-order valence-corrected chi connectivity index (χ3v) is 4.47. The Hall–Kier alpha value is -1.85. The summed E-state index contributed by atoms with van der Waals surface area (Å²) in [5.41, 5.74) is 0.777. The highest BCUT2D eigenvalue weighted by Gasteiger charge is 2.46. The van der Waals surface area contributed by atoms with Crippen LogP contribution in [0.1, 0.15) is 12.0 Å². The summed E-state index contributed by atoms with van der Waals surface area (Å²) in [7, 11) is 4.05. The van der Waals surface area contributed by atoms with Gasteiger partial charge in [0.15, 0.2) is 0 Å². The number of hydrogen-bond donors (Lipinski definition) is 1. The summed E-state index contributed by atoms with van der Waals surface area (Å²) in [5, 5.41) is 10.9. The van der Waals surface area contributed by atoms with E-state index in [1.807, 2.05) is 37.2 Å². The molecule has 5 heteroatoms. The van der Waals surface area contributed by atoms with Crippen molar-refractivity contribution in [3.8, 4) is 0 Å². The number of piperidine rings is 1. The number of aromatic nitrogens is 1. The van der Waals surface area contributed by atoms with Gasteiger partial charge in [-0.15, -0.1) is 0 Å². The van der Waals surface area contributed by atoms with Crippen molar-refractivity contribution < 1.29 is 9.52 Å². The van der Waals surface area contributed by atoms with Crippen LogP contribution in [-0.4, -0.2) is 48.3 Å². The average molecular weight is 287 g/mol. The van der Waals surface area contributed by atoms with Crippen LogP contribution in [0.25, 0.3) is 0 Å². The molecule has 0 radical (unpaired) electrons. The van der Waals surface area contributed by atoms with Crippen LogP contribution in [0.2, 0.25) is 0 Å². The summed E-state index contributed by atoms with van der Waals surface area (Å²) >= 11 is 0. The largest absolute Gasteiger partial charge is 0.432 e. The highest BCUT2D eigenvalue weighted by Crippen LogP contribution is 2.38. The van der Waals surface area contributed by atoms with Gasteiger partial charge in [-0.2, -0.15) is 0 Å². The fourth-order valence-electron chi connectivity index (χ4n) is 3.31. The van der Waals surface area contributed by atoms with Crippen LogP contribution in [0.3, 0.4) is 0 Å². The molecule has 1 aromatic heterocycles. The Morgan fingerprint density at radius 1 is 1.33 bits per heavy atom. The first kappa shape index (κ1) is 14.1. The van der Waals surface area contributed by atoms with Crippen molar-refractivity contribution in [1.29, 1.82) is 0 Å². The summed E-state index contributed by atoms with van der Waals surface area (Å²) in [6.45, 7) is 1.30. The van der Waals surface area contributed by atoms with E-state index in [2.05, 4.69) is 22.0 Å². The van der Waals surface area contributed by atoms with Crippen molar-refractivity contribution in [2.24, 2.45) is 0 Å². The maximum atomic E-state index is 10.9. The van der Waals surface area contributed by atoms with Gasteiger partial charge in [0.1, 0.15) is 6.26 Å². The Balaban J connectivity index is 1.90. The van der Waals surface area contributed by atoms with Gasteiger partial charge in [0.2, 0.25) is 0 Å². The molecule has 1 aliphatic rings. The molecule has 1 N–H and O–H groups in total. The number of rotatable bonds is 3. The topological polar surface area (TPSA) is 52.7 Å². The molecule has 3 rings (SSSR count). The van der Waals surface area contributed by atoms with Gasteiger partial charge in [0, 0.05) is 6.54 Å². The van der Waals surface area contributed by atoms with Crippen LogP contribution in [0.5, 0.6) is 0 Å². The number of likely N-dealkylation sites (N-methyl/N-ethyl adjacent to an activating group) is 1. The molecule has 2 heterocycles. The number of aliphatic hydroxyl groups excluding tert-OH is 1. The third kappa shape index (κ3) is 2.32. The number of nitrogens with zero attached hydrogens (tertiary/aromatic N) is 3. The fraction of sp³-hybridized carbons (Fsp3) is 0.438. The molecule has 1 aromatic carbocycles. The second-order valence-corrected chi connectivity index (χ2v) is 5.71. The van der Waals surface area contributed by atoms with E-state index in [-0.39, 0.29) is 5.54 Å². The number of oxazole rings is 1. The normalized spacial score (nSPS) is 26.3. The number of hydrogen-bond acceptors (Lipinski definition) is 5. The zero-order valence-corrected chi connectivity index (χ0v) is 12.4. The fourth-order valence-corrected chi connectivity index (χ4v) is 3.31. The lowest BCUT2D eigenvalue weighted by Crippen LogP contribution is -2.60. The van der Waals surface area contributed by atoms with Crippen molar-refractivity contribution in [2.75, 3.05) is 32.1 Å².